The number of methoxy groups -OCH3 is 1. The molecule has 3 atom stereocenters. The second-order valence-electron chi connectivity index (χ2n) is 12.4. The number of carbonyl (C=O) groups is 1. The average molecular weight is 648 g/mol. The molecular weight excluding hydrogens is 606 g/mol. The Morgan fingerprint density at radius 3 is 2.78 bits per heavy atom. The van der Waals surface area contributed by atoms with E-state index in [2.05, 4.69) is 35.0 Å². The van der Waals surface area contributed by atoms with Crippen LogP contribution in [-0.4, -0.2) is 101 Å². The Hall–Kier alpha value is -4.06. The second-order valence-corrected chi connectivity index (χ2v) is 13.6. The number of piperazine rings is 1. The summed E-state index contributed by atoms with van der Waals surface area (Å²) < 4.78 is 17.3. The minimum atomic E-state index is -0.644. The van der Waals surface area contributed by atoms with Gasteiger partial charge in [-0.05, 0) is 59.5 Å². The standard InChI is InChI=1S/C32H41N9O4S/c1-20(23-8-6-12-39(23)3)44-31-35-22(18-25(36-31)40-13-15-41(16-14-40)26(42)10-7-17-43-4)29-37-30(45-38-29)32(2)11-5-9-24-27(32)21(19-33)28(34)46-24/h7,10,18,20,23H,5-6,8-9,11-17,34H2,1-4H3/b10-7+/t20-,23-,32-/m0/s1. The topological polar surface area (TPSA) is 160 Å². The molecule has 6 rings (SSSR count). The summed E-state index contributed by atoms with van der Waals surface area (Å²) in [5, 5.41) is 14.8. The molecule has 5 heterocycles. The SMILES string of the molecule is COC/C=C/C(=O)N1CCN(c2cc(-c3noc([C@@]4(C)CCCc5sc(N)c(C#N)c54)n3)nc(O[C@@H](C)[C@@H]3CCCN3C)n2)CC1. The molecule has 3 aliphatic rings. The number of nitrogen functional groups attached to an aromatic ring is 1. The van der Waals surface area contributed by atoms with Gasteiger partial charge in [-0.2, -0.15) is 20.2 Å². The number of likely N-dealkylation sites (N-methyl/N-ethyl adjacent to an activating group) is 1. The smallest absolute Gasteiger partial charge is 0.319 e. The monoisotopic (exact) mass is 647 g/mol. The lowest BCUT2D eigenvalue weighted by Crippen LogP contribution is -2.48. The highest BCUT2D eigenvalue weighted by atomic mass is 32.1. The van der Waals surface area contributed by atoms with Gasteiger partial charge in [0, 0.05) is 61.9 Å². The van der Waals surface area contributed by atoms with E-state index in [9.17, 15) is 10.1 Å². The molecule has 0 spiro atoms. The van der Waals surface area contributed by atoms with Crippen molar-refractivity contribution in [2.75, 3.05) is 64.1 Å². The molecule has 1 aliphatic carbocycles. The maximum Gasteiger partial charge on any atom is 0.319 e. The molecule has 2 aliphatic heterocycles. The first-order chi connectivity index (χ1) is 22.2. The molecular formula is C32H41N9O4S. The highest BCUT2D eigenvalue weighted by Gasteiger charge is 2.43. The molecule has 0 bridgehead atoms. The van der Waals surface area contributed by atoms with E-state index < -0.39 is 5.41 Å². The lowest BCUT2D eigenvalue weighted by atomic mass is 9.72. The number of nitrogens with zero attached hydrogens (tertiary/aromatic N) is 8. The van der Waals surface area contributed by atoms with Gasteiger partial charge in [0.05, 0.1) is 17.6 Å². The fourth-order valence-electron chi connectivity index (χ4n) is 6.88. The predicted octanol–water partition coefficient (Wildman–Crippen LogP) is 3.40. The number of rotatable bonds is 9. The number of aromatic nitrogens is 4. The molecule has 0 unspecified atom stereocenters. The van der Waals surface area contributed by atoms with Gasteiger partial charge in [0.1, 0.15) is 28.7 Å². The third-order valence-corrected chi connectivity index (χ3v) is 10.5. The maximum atomic E-state index is 12.6. The van der Waals surface area contributed by atoms with Gasteiger partial charge in [-0.15, -0.1) is 11.3 Å². The molecule has 0 radical (unpaired) electrons. The van der Waals surface area contributed by atoms with E-state index in [4.69, 9.17) is 34.7 Å². The number of ether oxygens (including phenoxy) is 2. The summed E-state index contributed by atoms with van der Waals surface area (Å²) in [5.74, 6) is 1.38. The van der Waals surface area contributed by atoms with Crippen LogP contribution in [0.5, 0.6) is 6.01 Å². The van der Waals surface area contributed by atoms with Crippen LogP contribution in [0.4, 0.5) is 10.8 Å². The quantitative estimate of drug-likeness (QED) is 0.338. The van der Waals surface area contributed by atoms with E-state index in [1.165, 1.54) is 11.3 Å². The van der Waals surface area contributed by atoms with Crippen LogP contribution in [0.15, 0.2) is 22.7 Å². The molecule has 1 amide bonds. The minimum absolute atomic E-state index is 0.0377. The van der Waals surface area contributed by atoms with Crippen molar-refractivity contribution in [3.63, 3.8) is 0 Å². The van der Waals surface area contributed by atoms with Crippen molar-refractivity contribution >= 4 is 28.1 Å². The van der Waals surface area contributed by atoms with E-state index in [0.717, 1.165) is 49.1 Å². The zero-order chi connectivity index (χ0) is 32.4. The number of likely N-dealkylation sites (tertiary alicyclic amines) is 1. The fraction of sp³-hybridized carbons (Fsp3) is 0.562. The number of carbonyl (C=O) groups excluding carboxylic acids is 1. The van der Waals surface area contributed by atoms with Gasteiger partial charge in [-0.1, -0.05) is 11.2 Å². The molecule has 3 aromatic heterocycles. The minimum Gasteiger partial charge on any atom is -0.459 e. The van der Waals surface area contributed by atoms with E-state index in [1.807, 2.05) is 17.9 Å². The Morgan fingerprint density at radius 1 is 1.26 bits per heavy atom. The first-order valence-corrected chi connectivity index (χ1v) is 16.6. The number of nitriles is 1. The second kappa shape index (κ2) is 13.4. The van der Waals surface area contributed by atoms with Gasteiger partial charge in [0.2, 0.25) is 17.6 Å². The molecule has 13 nitrogen and oxygen atoms in total. The summed E-state index contributed by atoms with van der Waals surface area (Å²) in [6, 6.07) is 4.66. The zero-order valence-corrected chi connectivity index (χ0v) is 27.7. The van der Waals surface area contributed by atoms with Gasteiger partial charge in [0.15, 0.2) is 0 Å². The summed E-state index contributed by atoms with van der Waals surface area (Å²) in [4.78, 5) is 34.4. The van der Waals surface area contributed by atoms with Crippen molar-refractivity contribution < 1.29 is 18.8 Å². The molecule has 46 heavy (non-hydrogen) atoms. The molecule has 0 aromatic carbocycles. The van der Waals surface area contributed by atoms with Crippen molar-refractivity contribution in [3.8, 4) is 23.6 Å². The Morgan fingerprint density at radius 2 is 2.07 bits per heavy atom. The van der Waals surface area contributed by atoms with Gasteiger partial charge < -0.3 is 29.5 Å². The Labute approximate surface area is 273 Å². The largest absolute Gasteiger partial charge is 0.459 e. The predicted molar refractivity (Wildman–Crippen MR) is 174 cm³/mol. The molecule has 2 saturated heterocycles. The van der Waals surface area contributed by atoms with Crippen LogP contribution in [0, 0.1) is 11.3 Å². The van der Waals surface area contributed by atoms with E-state index >= 15 is 0 Å². The Bertz CT molecular complexity index is 1640. The number of anilines is 2. The first-order valence-electron chi connectivity index (χ1n) is 15.8. The third kappa shape index (κ3) is 6.19. The van der Waals surface area contributed by atoms with Crippen molar-refractivity contribution in [2.24, 2.45) is 0 Å². The van der Waals surface area contributed by atoms with Crippen LogP contribution in [0.1, 0.15) is 61.4 Å². The van der Waals surface area contributed by atoms with Crippen molar-refractivity contribution in [3.05, 3.63) is 40.1 Å². The van der Waals surface area contributed by atoms with Gasteiger partial charge in [-0.3, -0.25) is 9.69 Å². The number of hydrogen-bond acceptors (Lipinski definition) is 13. The molecule has 2 fully saturated rings. The summed E-state index contributed by atoms with van der Waals surface area (Å²) in [6.07, 6.45) is 7.87. The van der Waals surface area contributed by atoms with E-state index in [1.54, 1.807) is 19.3 Å². The van der Waals surface area contributed by atoms with Crippen LogP contribution < -0.4 is 15.4 Å². The fourth-order valence-corrected chi connectivity index (χ4v) is 8.07. The Kier molecular flexibility index (Phi) is 9.26. The lowest BCUT2D eigenvalue weighted by Gasteiger charge is -2.35. The number of fused-ring (bicyclic) bond motifs is 1. The molecule has 244 valence electrons. The van der Waals surface area contributed by atoms with Crippen LogP contribution in [0.3, 0.4) is 0 Å². The van der Waals surface area contributed by atoms with Crippen LogP contribution in [-0.2, 0) is 21.4 Å². The van der Waals surface area contributed by atoms with Crippen LogP contribution in [0.25, 0.3) is 11.5 Å². The van der Waals surface area contributed by atoms with Gasteiger partial charge in [0.25, 0.3) is 0 Å². The molecule has 0 saturated carbocycles. The van der Waals surface area contributed by atoms with Crippen LogP contribution in [0.2, 0.25) is 0 Å². The summed E-state index contributed by atoms with van der Waals surface area (Å²) in [7, 11) is 3.71. The number of aryl methyl sites for hydroxylation is 1. The number of hydrogen-bond donors (Lipinski definition) is 1. The number of amides is 1. The number of thiophene rings is 1. The highest BCUT2D eigenvalue weighted by molar-refractivity contribution is 7.16. The van der Waals surface area contributed by atoms with Gasteiger partial charge in [-0.25, -0.2) is 0 Å². The lowest BCUT2D eigenvalue weighted by molar-refractivity contribution is -0.126. The van der Waals surface area contributed by atoms with Gasteiger partial charge >= 0.3 is 6.01 Å². The molecule has 3 aromatic rings. The van der Waals surface area contributed by atoms with Crippen molar-refractivity contribution in [1.29, 1.82) is 5.26 Å². The normalized spacial score (nSPS) is 22.6. The third-order valence-electron chi connectivity index (χ3n) is 9.42. The number of nitrogens with two attached hydrogens (primary N) is 1. The molecule has 2 N–H and O–H groups in total. The maximum absolute atomic E-state index is 12.6. The molecule has 14 heteroatoms. The van der Waals surface area contributed by atoms with Crippen molar-refractivity contribution in [2.45, 2.75) is 63.5 Å². The van der Waals surface area contributed by atoms with Crippen molar-refractivity contribution in [1.82, 2.24) is 29.9 Å². The highest BCUT2D eigenvalue weighted by Crippen LogP contribution is 2.48. The Balaban J connectivity index is 1.30. The van der Waals surface area contributed by atoms with E-state index in [0.29, 0.717) is 66.6 Å². The summed E-state index contributed by atoms with van der Waals surface area (Å²) in [6.45, 7) is 7.80. The van der Waals surface area contributed by atoms with E-state index in [-0.39, 0.29) is 24.1 Å². The van der Waals surface area contributed by atoms with Crippen LogP contribution >= 0.6 is 11.3 Å². The average Bonchev–Trinajstić information content (AvgIpc) is 3.80. The first kappa shape index (κ1) is 31.9. The summed E-state index contributed by atoms with van der Waals surface area (Å²) in [5.41, 5.74) is 7.47. The zero-order valence-electron chi connectivity index (χ0n) is 26.9. The summed E-state index contributed by atoms with van der Waals surface area (Å²) >= 11 is 1.47.